The molecule has 30 heavy (non-hydrogen) atoms. The minimum Gasteiger partial charge on any atom is -0.507 e. The number of carbonyl (C=O) groups excluding carboxylic acids is 1. The van der Waals surface area contributed by atoms with Gasteiger partial charge in [-0.25, -0.2) is 9.79 Å². The Bertz CT molecular complexity index is 1090. The number of hydrogen-bond donors (Lipinski definition) is 2. The predicted molar refractivity (Wildman–Crippen MR) is 117 cm³/mol. The number of methoxy groups -OCH3 is 3. The topological polar surface area (TPSA) is 97.6 Å². The van der Waals surface area contributed by atoms with Gasteiger partial charge in [0.05, 0.1) is 31.9 Å². The summed E-state index contributed by atoms with van der Waals surface area (Å²) in [5, 5.41) is 21.1. The molecule has 0 aliphatic carbocycles. The lowest BCUT2D eigenvalue weighted by atomic mass is 10.1. The molecule has 1 heterocycles. The van der Waals surface area contributed by atoms with E-state index >= 15 is 0 Å². The van der Waals surface area contributed by atoms with Crippen molar-refractivity contribution in [2.75, 3.05) is 21.3 Å². The smallest absolute Gasteiger partial charge is 0.344 e. The van der Waals surface area contributed by atoms with Crippen molar-refractivity contribution in [1.82, 2.24) is 0 Å². The van der Waals surface area contributed by atoms with E-state index in [9.17, 15) is 15.0 Å². The molecule has 0 radical (unpaired) electrons. The number of aliphatic imine (C=N–C) groups is 1. The maximum atomic E-state index is 12.3. The van der Waals surface area contributed by atoms with Crippen molar-refractivity contribution in [3.63, 3.8) is 0 Å². The van der Waals surface area contributed by atoms with Crippen LogP contribution in [0.5, 0.6) is 17.2 Å². The molecule has 0 unspecified atom stereocenters. The van der Waals surface area contributed by atoms with Gasteiger partial charge in [-0.2, -0.15) is 0 Å². The molecule has 2 aromatic carbocycles. The second kappa shape index (κ2) is 8.96. The first kappa shape index (κ1) is 21.3. The van der Waals surface area contributed by atoms with Gasteiger partial charge in [0.1, 0.15) is 22.1 Å². The lowest BCUT2D eigenvalue weighted by Crippen LogP contribution is -2.10. The number of aliphatic hydroxyl groups is 1. The third kappa shape index (κ3) is 4.28. The van der Waals surface area contributed by atoms with Crippen LogP contribution in [0.15, 0.2) is 57.6 Å². The Morgan fingerprint density at radius 2 is 1.77 bits per heavy atom. The van der Waals surface area contributed by atoms with Crippen LogP contribution in [0.1, 0.15) is 11.1 Å². The summed E-state index contributed by atoms with van der Waals surface area (Å²) in [6.45, 7) is 1.86. The summed E-state index contributed by atoms with van der Waals surface area (Å²) in [6.07, 6.45) is 1.59. The molecule has 0 fully saturated rings. The fourth-order valence-electron chi connectivity index (χ4n) is 2.82. The Morgan fingerprint density at radius 1 is 1.03 bits per heavy atom. The Labute approximate surface area is 178 Å². The largest absolute Gasteiger partial charge is 0.507 e. The number of aromatic hydroxyl groups is 1. The second-order valence-corrected chi connectivity index (χ2v) is 7.38. The third-order valence-electron chi connectivity index (χ3n) is 4.35. The summed E-state index contributed by atoms with van der Waals surface area (Å²) in [5.41, 5.74) is 1.87. The number of hydrogen-bond acceptors (Lipinski definition) is 8. The Balaban J connectivity index is 2.06. The van der Waals surface area contributed by atoms with Crippen molar-refractivity contribution in [3.05, 3.63) is 63.8 Å². The van der Waals surface area contributed by atoms with Crippen LogP contribution in [0.3, 0.4) is 0 Å². The Morgan fingerprint density at radius 3 is 2.40 bits per heavy atom. The van der Waals surface area contributed by atoms with Crippen LogP contribution in [0, 0.1) is 6.92 Å². The first-order chi connectivity index (χ1) is 14.4. The highest BCUT2D eigenvalue weighted by molar-refractivity contribution is 8.18. The number of esters is 1. The van der Waals surface area contributed by atoms with Gasteiger partial charge < -0.3 is 24.4 Å². The van der Waals surface area contributed by atoms with E-state index in [0.717, 1.165) is 17.3 Å². The van der Waals surface area contributed by atoms with Crippen molar-refractivity contribution in [2.45, 2.75) is 6.92 Å². The zero-order valence-electron chi connectivity index (χ0n) is 16.9. The number of aliphatic hydroxyl groups excluding tert-OH is 1. The first-order valence-electron chi connectivity index (χ1n) is 8.90. The van der Waals surface area contributed by atoms with Crippen LogP contribution < -0.4 is 9.47 Å². The van der Waals surface area contributed by atoms with E-state index < -0.39 is 5.97 Å². The van der Waals surface area contributed by atoms with Gasteiger partial charge in [0.25, 0.3) is 0 Å². The van der Waals surface area contributed by atoms with E-state index in [1.807, 2.05) is 13.0 Å². The molecule has 1 aliphatic rings. The highest BCUT2D eigenvalue weighted by Gasteiger charge is 2.33. The molecule has 2 N–H and O–H groups in total. The van der Waals surface area contributed by atoms with E-state index in [4.69, 9.17) is 14.2 Å². The number of thioether (sulfide) groups is 1. The number of ether oxygens (including phenoxy) is 3. The molecule has 1 aliphatic heterocycles. The molecule has 3 rings (SSSR count). The quantitative estimate of drug-likeness (QED) is 0.677. The van der Waals surface area contributed by atoms with Crippen molar-refractivity contribution in [1.29, 1.82) is 0 Å². The average Bonchev–Trinajstić information content (AvgIpc) is 3.04. The van der Waals surface area contributed by atoms with Crippen LogP contribution in [0.25, 0.3) is 6.08 Å². The summed E-state index contributed by atoms with van der Waals surface area (Å²) in [7, 11) is 4.28. The monoisotopic (exact) mass is 427 g/mol. The molecule has 0 atom stereocenters. The minimum absolute atomic E-state index is 0.0462. The van der Waals surface area contributed by atoms with Gasteiger partial charge in [-0.15, -0.1) is 0 Å². The number of aryl methyl sites for hydroxylation is 1. The molecule has 0 amide bonds. The van der Waals surface area contributed by atoms with Crippen molar-refractivity contribution in [3.8, 4) is 17.2 Å². The fraction of sp³-hybridized carbons (Fsp3) is 0.182. The number of nitrogens with zero attached hydrogens (tertiary/aromatic N) is 1. The minimum atomic E-state index is -0.712. The molecular weight excluding hydrogens is 406 g/mol. The molecule has 2 aromatic rings. The maximum Gasteiger partial charge on any atom is 0.344 e. The van der Waals surface area contributed by atoms with E-state index in [1.54, 1.807) is 36.4 Å². The van der Waals surface area contributed by atoms with E-state index in [0.29, 0.717) is 27.7 Å². The lowest BCUT2D eigenvalue weighted by molar-refractivity contribution is -0.135. The van der Waals surface area contributed by atoms with Crippen molar-refractivity contribution >= 4 is 34.5 Å². The summed E-state index contributed by atoms with van der Waals surface area (Å²) in [5.74, 6) is 0.126. The summed E-state index contributed by atoms with van der Waals surface area (Å²) < 4.78 is 15.3. The second-order valence-electron chi connectivity index (χ2n) is 6.34. The van der Waals surface area contributed by atoms with Crippen molar-refractivity contribution < 1.29 is 29.2 Å². The standard InChI is InChI=1S/C22H21NO6S/c1-12-5-6-13(15(24)9-12)10-18-20(25)19(22(26)29-4)21(30-18)23-14-7-8-16(27-2)17(11-14)28-3/h5-11,24-25H,1-4H3/b18-10+,23-21?. The van der Waals surface area contributed by atoms with Crippen LogP contribution >= 0.6 is 11.8 Å². The number of phenolic OH excluding ortho intramolecular Hbond substituents is 1. The molecule has 0 saturated heterocycles. The first-order valence-corrected chi connectivity index (χ1v) is 9.71. The van der Waals surface area contributed by atoms with E-state index in [-0.39, 0.29) is 22.1 Å². The van der Waals surface area contributed by atoms with Crippen LogP contribution in [-0.2, 0) is 9.53 Å². The van der Waals surface area contributed by atoms with E-state index in [2.05, 4.69) is 4.99 Å². The van der Waals surface area contributed by atoms with Gasteiger partial charge in [-0.1, -0.05) is 23.9 Å². The van der Waals surface area contributed by atoms with E-state index in [1.165, 1.54) is 21.3 Å². The summed E-state index contributed by atoms with van der Waals surface area (Å²) in [4.78, 5) is 17.2. The van der Waals surface area contributed by atoms with Gasteiger partial charge in [0.15, 0.2) is 11.5 Å². The zero-order valence-corrected chi connectivity index (χ0v) is 17.7. The van der Waals surface area contributed by atoms with Crippen LogP contribution in [0.4, 0.5) is 5.69 Å². The van der Waals surface area contributed by atoms with Gasteiger partial charge in [0, 0.05) is 11.6 Å². The average molecular weight is 427 g/mol. The SMILES string of the molecule is COC(=O)C1=C(O)/C(=C\c2ccc(C)cc2O)SC1=Nc1ccc(OC)c(OC)c1. The molecule has 7 nitrogen and oxygen atoms in total. The Kier molecular flexibility index (Phi) is 6.37. The summed E-state index contributed by atoms with van der Waals surface area (Å²) in [6, 6.07) is 10.2. The molecule has 0 saturated carbocycles. The van der Waals surface area contributed by atoms with Crippen LogP contribution in [-0.4, -0.2) is 42.6 Å². The number of benzene rings is 2. The molecule has 0 spiro atoms. The van der Waals surface area contributed by atoms with Gasteiger partial charge in [-0.05, 0) is 36.8 Å². The fourth-order valence-corrected chi connectivity index (χ4v) is 3.85. The van der Waals surface area contributed by atoms with Crippen molar-refractivity contribution in [2.24, 2.45) is 4.99 Å². The Hall–Kier alpha value is -3.39. The summed E-state index contributed by atoms with van der Waals surface area (Å²) >= 11 is 1.10. The molecule has 8 heteroatoms. The zero-order chi connectivity index (χ0) is 21.8. The normalized spacial score (nSPS) is 16.3. The lowest BCUT2D eigenvalue weighted by Gasteiger charge is -2.08. The highest BCUT2D eigenvalue weighted by Crippen LogP contribution is 2.41. The van der Waals surface area contributed by atoms with Gasteiger partial charge in [-0.3, -0.25) is 0 Å². The number of rotatable bonds is 5. The highest BCUT2D eigenvalue weighted by atomic mass is 32.2. The van der Waals surface area contributed by atoms with Gasteiger partial charge >= 0.3 is 5.97 Å². The predicted octanol–water partition coefficient (Wildman–Crippen LogP) is 4.52. The van der Waals surface area contributed by atoms with Crippen LogP contribution in [0.2, 0.25) is 0 Å². The maximum absolute atomic E-state index is 12.3. The molecule has 156 valence electrons. The molecule has 0 aromatic heterocycles. The molecule has 0 bridgehead atoms. The third-order valence-corrected chi connectivity index (χ3v) is 5.37. The number of carbonyl (C=O) groups is 1. The molecular formula is C22H21NO6S. The number of phenols is 1. The van der Waals surface area contributed by atoms with Gasteiger partial charge in [0.2, 0.25) is 0 Å².